The summed E-state index contributed by atoms with van der Waals surface area (Å²) in [5.41, 5.74) is 2.82. The van der Waals surface area contributed by atoms with Crippen LogP contribution in [0.15, 0.2) is 18.2 Å². The minimum absolute atomic E-state index is 0.0244. The van der Waals surface area contributed by atoms with E-state index in [0.717, 1.165) is 24.2 Å². The Hall–Kier alpha value is -1.88. The molecule has 5 nitrogen and oxygen atoms in total. The minimum atomic E-state index is -0.198. The number of nitrogens with one attached hydrogen (secondary N) is 2. The smallest absolute Gasteiger partial charge is 0.251 e. The van der Waals surface area contributed by atoms with E-state index in [1.54, 1.807) is 11.0 Å². The molecule has 1 aromatic rings. The molecule has 0 aromatic heterocycles. The number of hydrogen-bond acceptors (Lipinski definition) is 3. The van der Waals surface area contributed by atoms with Crippen molar-refractivity contribution in [2.75, 3.05) is 32.7 Å². The Morgan fingerprint density at radius 3 is 2.55 bits per heavy atom. The fourth-order valence-electron chi connectivity index (χ4n) is 2.17. The van der Waals surface area contributed by atoms with E-state index in [9.17, 15) is 9.59 Å². The molecular formula is C15H21N3O2. The highest BCUT2D eigenvalue weighted by Crippen LogP contribution is 2.09. The van der Waals surface area contributed by atoms with Crippen LogP contribution in [0.1, 0.15) is 21.5 Å². The molecule has 1 heterocycles. The summed E-state index contributed by atoms with van der Waals surface area (Å²) in [4.78, 5) is 25.7. The minimum Gasteiger partial charge on any atom is -0.343 e. The monoisotopic (exact) mass is 275 g/mol. The molecule has 0 bridgehead atoms. The number of piperazine rings is 1. The lowest BCUT2D eigenvalue weighted by atomic mass is 10.1. The van der Waals surface area contributed by atoms with Crippen molar-refractivity contribution in [3.8, 4) is 0 Å². The average molecular weight is 275 g/mol. The number of benzene rings is 1. The lowest BCUT2D eigenvalue weighted by molar-refractivity contribution is -0.130. The molecule has 0 saturated carbocycles. The van der Waals surface area contributed by atoms with Crippen LogP contribution in [0.3, 0.4) is 0 Å². The van der Waals surface area contributed by atoms with Gasteiger partial charge in [-0.2, -0.15) is 0 Å². The molecule has 5 heteroatoms. The van der Waals surface area contributed by atoms with Crippen LogP contribution >= 0.6 is 0 Å². The van der Waals surface area contributed by atoms with Crippen molar-refractivity contribution < 1.29 is 9.59 Å². The number of amides is 2. The summed E-state index contributed by atoms with van der Waals surface area (Å²) >= 11 is 0. The van der Waals surface area contributed by atoms with Gasteiger partial charge in [-0.3, -0.25) is 9.59 Å². The number of hydrogen-bond donors (Lipinski definition) is 2. The largest absolute Gasteiger partial charge is 0.343 e. The van der Waals surface area contributed by atoms with Gasteiger partial charge in [0.25, 0.3) is 5.91 Å². The van der Waals surface area contributed by atoms with Crippen molar-refractivity contribution in [3.63, 3.8) is 0 Å². The highest BCUT2D eigenvalue weighted by Gasteiger charge is 2.17. The highest BCUT2D eigenvalue weighted by molar-refractivity contribution is 5.96. The molecule has 2 rings (SSSR count). The summed E-state index contributed by atoms with van der Waals surface area (Å²) in [6.07, 6.45) is 0. The van der Waals surface area contributed by atoms with E-state index in [-0.39, 0.29) is 18.4 Å². The average Bonchev–Trinajstić information content (AvgIpc) is 2.48. The SMILES string of the molecule is Cc1ccc(C(=O)NCC(=O)N2CCNCC2)cc1C. The quantitative estimate of drug-likeness (QED) is 0.843. The van der Waals surface area contributed by atoms with Gasteiger partial charge in [-0.25, -0.2) is 0 Å². The van der Waals surface area contributed by atoms with Gasteiger partial charge in [0, 0.05) is 31.7 Å². The van der Waals surface area contributed by atoms with Crippen molar-refractivity contribution >= 4 is 11.8 Å². The first kappa shape index (κ1) is 14.5. The topological polar surface area (TPSA) is 61.4 Å². The van der Waals surface area contributed by atoms with Crippen LogP contribution in [0, 0.1) is 13.8 Å². The fourth-order valence-corrected chi connectivity index (χ4v) is 2.17. The van der Waals surface area contributed by atoms with Crippen molar-refractivity contribution in [2.24, 2.45) is 0 Å². The van der Waals surface area contributed by atoms with Crippen LogP contribution in [0.25, 0.3) is 0 Å². The van der Waals surface area contributed by atoms with Gasteiger partial charge in [-0.05, 0) is 37.1 Å². The number of aryl methyl sites for hydroxylation is 2. The second-order valence-corrected chi connectivity index (χ2v) is 5.11. The second kappa shape index (κ2) is 6.52. The molecule has 1 fully saturated rings. The Balaban J connectivity index is 1.88. The third-order valence-electron chi connectivity index (χ3n) is 3.64. The van der Waals surface area contributed by atoms with E-state index in [2.05, 4.69) is 10.6 Å². The second-order valence-electron chi connectivity index (χ2n) is 5.11. The molecule has 1 aromatic carbocycles. The summed E-state index contributed by atoms with van der Waals surface area (Å²) in [6.45, 7) is 7.08. The van der Waals surface area contributed by atoms with E-state index < -0.39 is 0 Å². The molecule has 0 radical (unpaired) electrons. The van der Waals surface area contributed by atoms with E-state index in [0.29, 0.717) is 18.7 Å². The first-order valence-electron chi connectivity index (χ1n) is 6.92. The molecule has 108 valence electrons. The van der Waals surface area contributed by atoms with Crippen LogP contribution in [0.2, 0.25) is 0 Å². The molecule has 0 atom stereocenters. The summed E-state index contributed by atoms with van der Waals surface area (Å²) in [5.74, 6) is -0.222. The number of rotatable bonds is 3. The summed E-state index contributed by atoms with van der Waals surface area (Å²) in [6, 6.07) is 5.55. The van der Waals surface area contributed by atoms with Crippen LogP contribution < -0.4 is 10.6 Å². The Morgan fingerprint density at radius 2 is 1.90 bits per heavy atom. The maximum Gasteiger partial charge on any atom is 0.251 e. The Bertz CT molecular complexity index is 508. The first-order chi connectivity index (χ1) is 9.58. The van der Waals surface area contributed by atoms with Crippen LogP contribution in [0.4, 0.5) is 0 Å². The molecule has 1 aliphatic rings. The number of carbonyl (C=O) groups excluding carboxylic acids is 2. The van der Waals surface area contributed by atoms with Crippen molar-refractivity contribution in [1.29, 1.82) is 0 Å². The highest BCUT2D eigenvalue weighted by atomic mass is 16.2. The summed E-state index contributed by atoms with van der Waals surface area (Å²) < 4.78 is 0. The molecule has 0 aliphatic carbocycles. The van der Waals surface area contributed by atoms with Crippen LogP contribution in [0.5, 0.6) is 0 Å². The lowest BCUT2D eigenvalue weighted by Gasteiger charge is -2.27. The summed E-state index contributed by atoms with van der Waals surface area (Å²) in [5, 5.41) is 5.88. The normalized spacial score (nSPS) is 15.0. The predicted octanol–water partition coefficient (Wildman–Crippen LogP) is 0.465. The number of carbonyl (C=O) groups is 2. The zero-order valence-corrected chi connectivity index (χ0v) is 12.0. The third-order valence-corrected chi connectivity index (χ3v) is 3.64. The molecule has 0 spiro atoms. The zero-order valence-electron chi connectivity index (χ0n) is 12.0. The third kappa shape index (κ3) is 3.57. The van der Waals surface area contributed by atoms with Gasteiger partial charge >= 0.3 is 0 Å². The van der Waals surface area contributed by atoms with Gasteiger partial charge in [-0.15, -0.1) is 0 Å². The van der Waals surface area contributed by atoms with Crippen LogP contribution in [-0.4, -0.2) is 49.4 Å². The first-order valence-corrected chi connectivity index (χ1v) is 6.92. The molecule has 2 amide bonds. The van der Waals surface area contributed by atoms with E-state index in [1.807, 2.05) is 26.0 Å². The Labute approximate surface area is 119 Å². The number of nitrogens with zero attached hydrogens (tertiary/aromatic N) is 1. The van der Waals surface area contributed by atoms with Gasteiger partial charge < -0.3 is 15.5 Å². The van der Waals surface area contributed by atoms with E-state index >= 15 is 0 Å². The van der Waals surface area contributed by atoms with Gasteiger partial charge in [0.1, 0.15) is 0 Å². The Kier molecular flexibility index (Phi) is 4.74. The Morgan fingerprint density at radius 1 is 1.20 bits per heavy atom. The molecule has 0 unspecified atom stereocenters. The van der Waals surface area contributed by atoms with E-state index in [1.165, 1.54) is 0 Å². The van der Waals surface area contributed by atoms with Crippen molar-refractivity contribution in [1.82, 2.24) is 15.5 Å². The van der Waals surface area contributed by atoms with Gasteiger partial charge in [-0.1, -0.05) is 6.07 Å². The molecule has 20 heavy (non-hydrogen) atoms. The maximum atomic E-state index is 12.0. The standard InChI is InChI=1S/C15H21N3O2/c1-11-3-4-13(9-12(11)2)15(20)17-10-14(19)18-7-5-16-6-8-18/h3-4,9,16H,5-8,10H2,1-2H3,(H,17,20). The van der Waals surface area contributed by atoms with Crippen molar-refractivity contribution in [2.45, 2.75) is 13.8 Å². The van der Waals surface area contributed by atoms with Gasteiger partial charge in [0.05, 0.1) is 6.54 Å². The molecular weight excluding hydrogens is 254 g/mol. The fraction of sp³-hybridized carbons (Fsp3) is 0.467. The lowest BCUT2D eigenvalue weighted by Crippen LogP contribution is -2.49. The van der Waals surface area contributed by atoms with E-state index in [4.69, 9.17) is 0 Å². The summed E-state index contributed by atoms with van der Waals surface area (Å²) in [7, 11) is 0. The maximum absolute atomic E-state index is 12.0. The van der Waals surface area contributed by atoms with Crippen LogP contribution in [-0.2, 0) is 4.79 Å². The van der Waals surface area contributed by atoms with Crippen molar-refractivity contribution in [3.05, 3.63) is 34.9 Å². The zero-order chi connectivity index (χ0) is 14.5. The van der Waals surface area contributed by atoms with Gasteiger partial charge in [0.15, 0.2) is 0 Å². The van der Waals surface area contributed by atoms with Gasteiger partial charge in [0.2, 0.25) is 5.91 Å². The predicted molar refractivity (Wildman–Crippen MR) is 77.7 cm³/mol. The molecule has 1 saturated heterocycles. The molecule has 1 aliphatic heterocycles. The molecule has 2 N–H and O–H groups in total.